The predicted molar refractivity (Wildman–Crippen MR) is 95.7 cm³/mol. The van der Waals surface area contributed by atoms with Crippen molar-refractivity contribution in [3.05, 3.63) is 0 Å². The molecule has 4 aliphatic rings. The normalized spacial score (nSPS) is 39.0. The largest absolute Gasteiger partial charge is 0.462 e. The van der Waals surface area contributed by atoms with Gasteiger partial charge in [0.05, 0.1) is 5.92 Å². The zero-order chi connectivity index (χ0) is 16.5. The van der Waals surface area contributed by atoms with Gasteiger partial charge < -0.3 is 4.74 Å². The Bertz CT molecular complexity index is 439. The third kappa shape index (κ3) is 3.25. The fourth-order valence-electron chi connectivity index (χ4n) is 6.31. The minimum absolute atomic E-state index is 0.152. The molecule has 136 valence electrons. The summed E-state index contributed by atoms with van der Waals surface area (Å²) in [7, 11) is 2.25. The van der Waals surface area contributed by atoms with Crippen molar-refractivity contribution >= 4 is 5.97 Å². The maximum Gasteiger partial charge on any atom is 0.311 e. The van der Waals surface area contributed by atoms with Gasteiger partial charge in [0.2, 0.25) is 0 Å². The summed E-state index contributed by atoms with van der Waals surface area (Å²) >= 11 is 0. The number of ether oxygens (including phenoxy) is 1. The van der Waals surface area contributed by atoms with Crippen molar-refractivity contribution in [1.82, 2.24) is 4.90 Å². The zero-order valence-electron chi connectivity index (χ0n) is 15.4. The molecule has 2 bridgehead atoms. The van der Waals surface area contributed by atoms with E-state index in [-0.39, 0.29) is 18.0 Å². The van der Waals surface area contributed by atoms with Crippen LogP contribution in [0.25, 0.3) is 0 Å². The average molecular weight is 334 g/mol. The second-order valence-electron chi connectivity index (χ2n) is 8.98. The Labute approximate surface area is 147 Å². The van der Waals surface area contributed by atoms with E-state index in [0.29, 0.717) is 12.0 Å². The molecule has 2 heterocycles. The highest BCUT2D eigenvalue weighted by atomic mass is 16.5. The van der Waals surface area contributed by atoms with Crippen molar-refractivity contribution in [2.75, 3.05) is 7.05 Å². The molecule has 0 N–H and O–H groups in total. The maximum atomic E-state index is 13.2. The summed E-state index contributed by atoms with van der Waals surface area (Å²) in [6, 6.07) is 1.17. The molecule has 3 nitrogen and oxygen atoms in total. The molecule has 0 radical (unpaired) electrons. The highest BCUT2D eigenvalue weighted by Gasteiger charge is 2.51. The third-order valence-electron chi connectivity index (χ3n) is 7.68. The molecule has 4 rings (SSSR count). The van der Waals surface area contributed by atoms with E-state index in [1.54, 1.807) is 0 Å². The van der Waals surface area contributed by atoms with Gasteiger partial charge in [-0.3, -0.25) is 9.69 Å². The van der Waals surface area contributed by atoms with E-state index in [2.05, 4.69) is 11.9 Å². The molecule has 0 aromatic carbocycles. The van der Waals surface area contributed by atoms with Crippen LogP contribution in [-0.4, -0.2) is 36.1 Å². The van der Waals surface area contributed by atoms with Crippen molar-refractivity contribution in [2.45, 2.75) is 102 Å². The molecule has 2 aliphatic carbocycles. The number of carbonyl (C=O) groups is 1. The molecule has 24 heavy (non-hydrogen) atoms. The minimum atomic E-state index is 0.152. The summed E-state index contributed by atoms with van der Waals surface area (Å²) < 4.78 is 6.09. The molecule has 2 saturated carbocycles. The van der Waals surface area contributed by atoms with Gasteiger partial charge in [0, 0.05) is 12.1 Å². The summed E-state index contributed by atoms with van der Waals surface area (Å²) in [5.41, 5.74) is 0. The maximum absolute atomic E-state index is 13.2. The van der Waals surface area contributed by atoms with E-state index in [0.717, 1.165) is 24.8 Å². The van der Waals surface area contributed by atoms with Crippen LogP contribution in [0.15, 0.2) is 0 Å². The monoisotopic (exact) mass is 333 g/mol. The minimum Gasteiger partial charge on any atom is -0.462 e. The topological polar surface area (TPSA) is 29.5 Å². The second-order valence-corrected chi connectivity index (χ2v) is 8.98. The van der Waals surface area contributed by atoms with Crippen LogP contribution in [0, 0.1) is 17.8 Å². The van der Waals surface area contributed by atoms with Crippen LogP contribution in [0.4, 0.5) is 0 Å². The lowest BCUT2D eigenvalue weighted by Gasteiger charge is -2.46. The van der Waals surface area contributed by atoms with Crippen LogP contribution in [0.5, 0.6) is 0 Å². The van der Waals surface area contributed by atoms with Crippen molar-refractivity contribution in [3.63, 3.8) is 0 Å². The number of fused-ring (bicyclic) bond motifs is 2. The third-order valence-corrected chi connectivity index (χ3v) is 7.68. The summed E-state index contributed by atoms with van der Waals surface area (Å²) in [6.07, 6.45) is 16.8. The van der Waals surface area contributed by atoms with E-state index in [4.69, 9.17) is 4.74 Å². The van der Waals surface area contributed by atoms with Crippen LogP contribution in [0.1, 0.15) is 83.5 Å². The van der Waals surface area contributed by atoms with E-state index in [1.165, 1.54) is 70.6 Å². The number of hydrogen-bond acceptors (Lipinski definition) is 3. The van der Waals surface area contributed by atoms with E-state index in [1.807, 2.05) is 0 Å². The molecule has 0 amide bonds. The Kier molecular flexibility index (Phi) is 5.17. The molecule has 4 fully saturated rings. The molecular formula is C21H35NO2. The number of hydrogen-bond donors (Lipinski definition) is 0. The van der Waals surface area contributed by atoms with Crippen LogP contribution in [0.2, 0.25) is 0 Å². The van der Waals surface area contributed by atoms with Gasteiger partial charge in [-0.15, -0.1) is 0 Å². The van der Waals surface area contributed by atoms with E-state index in [9.17, 15) is 4.79 Å². The van der Waals surface area contributed by atoms with Gasteiger partial charge in [-0.2, -0.15) is 0 Å². The SMILES string of the molecule is CN1C2CC[C@@H]1C[C@H](C1CCCCC1)C2C(=O)OC1CCCCC1. The standard InChI is InChI=1S/C21H35NO2/c1-22-16-12-13-19(22)20(18(14-16)15-8-4-2-5-9-15)21(23)24-17-10-6-3-7-11-17/h15-20H,2-14H2,1H3/t16-,18-,19?,20?/m1/s1. The summed E-state index contributed by atoms with van der Waals surface area (Å²) in [4.78, 5) is 15.7. The molecule has 0 aromatic rings. The Morgan fingerprint density at radius 1 is 0.875 bits per heavy atom. The highest BCUT2D eigenvalue weighted by Crippen LogP contribution is 2.48. The number of carbonyl (C=O) groups excluding carboxylic acids is 1. The van der Waals surface area contributed by atoms with Crippen LogP contribution in [0.3, 0.4) is 0 Å². The number of piperidine rings is 1. The fraction of sp³-hybridized carbons (Fsp3) is 0.952. The van der Waals surface area contributed by atoms with Gasteiger partial charge in [-0.25, -0.2) is 0 Å². The Hall–Kier alpha value is -0.570. The van der Waals surface area contributed by atoms with Gasteiger partial charge in [0.15, 0.2) is 0 Å². The smallest absolute Gasteiger partial charge is 0.311 e. The molecule has 2 unspecified atom stereocenters. The first-order valence-corrected chi connectivity index (χ1v) is 10.7. The predicted octanol–water partition coefficient (Wildman–Crippen LogP) is 4.54. The first-order valence-electron chi connectivity index (χ1n) is 10.7. The molecule has 0 aromatic heterocycles. The van der Waals surface area contributed by atoms with Crippen molar-refractivity contribution in [3.8, 4) is 0 Å². The quantitative estimate of drug-likeness (QED) is 0.710. The van der Waals surface area contributed by atoms with Gasteiger partial charge in [-0.1, -0.05) is 38.5 Å². The molecule has 4 atom stereocenters. The molecular weight excluding hydrogens is 298 g/mol. The summed E-state index contributed by atoms with van der Waals surface area (Å²) in [5.74, 6) is 1.68. The van der Waals surface area contributed by atoms with E-state index >= 15 is 0 Å². The Balaban J connectivity index is 1.49. The van der Waals surface area contributed by atoms with Crippen LogP contribution < -0.4 is 0 Å². The zero-order valence-corrected chi connectivity index (χ0v) is 15.4. The molecule has 0 spiro atoms. The van der Waals surface area contributed by atoms with Gasteiger partial charge in [0.1, 0.15) is 6.10 Å². The number of rotatable bonds is 3. The van der Waals surface area contributed by atoms with Gasteiger partial charge >= 0.3 is 5.97 Å². The highest BCUT2D eigenvalue weighted by molar-refractivity contribution is 5.74. The Morgan fingerprint density at radius 2 is 1.54 bits per heavy atom. The van der Waals surface area contributed by atoms with Crippen LogP contribution in [-0.2, 0) is 9.53 Å². The van der Waals surface area contributed by atoms with Gasteiger partial charge in [-0.05, 0) is 63.8 Å². The average Bonchev–Trinajstić information content (AvgIpc) is 2.85. The molecule has 2 aliphatic heterocycles. The van der Waals surface area contributed by atoms with Gasteiger partial charge in [0.25, 0.3) is 0 Å². The fourth-order valence-corrected chi connectivity index (χ4v) is 6.31. The summed E-state index contributed by atoms with van der Waals surface area (Å²) in [6.45, 7) is 0. The Morgan fingerprint density at radius 3 is 2.25 bits per heavy atom. The lowest BCUT2D eigenvalue weighted by Crippen LogP contribution is -2.52. The van der Waals surface area contributed by atoms with Crippen molar-refractivity contribution in [1.29, 1.82) is 0 Å². The number of esters is 1. The lowest BCUT2D eigenvalue weighted by atomic mass is 9.68. The first kappa shape index (κ1) is 16.9. The van der Waals surface area contributed by atoms with Crippen LogP contribution >= 0.6 is 0 Å². The van der Waals surface area contributed by atoms with Crippen molar-refractivity contribution in [2.24, 2.45) is 17.8 Å². The number of nitrogens with zero attached hydrogens (tertiary/aromatic N) is 1. The van der Waals surface area contributed by atoms with Crippen molar-refractivity contribution < 1.29 is 9.53 Å². The molecule has 3 heteroatoms. The molecule has 2 saturated heterocycles. The second kappa shape index (κ2) is 7.35. The summed E-state index contributed by atoms with van der Waals surface area (Å²) in [5, 5.41) is 0. The lowest BCUT2D eigenvalue weighted by molar-refractivity contribution is -0.164. The van der Waals surface area contributed by atoms with E-state index < -0.39 is 0 Å². The first-order chi connectivity index (χ1) is 11.7.